The van der Waals surface area contributed by atoms with E-state index in [2.05, 4.69) is 5.32 Å². The first-order chi connectivity index (χ1) is 11.3. The lowest BCUT2D eigenvalue weighted by atomic mass is 10.2. The van der Waals surface area contributed by atoms with Gasteiger partial charge in [-0.15, -0.1) is 11.3 Å². The summed E-state index contributed by atoms with van der Waals surface area (Å²) in [6, 6.07) is 3.94. The van der Waals surface area contributed by atoms with Crippen LogP contribution >= 0.6 is 11.3 Å². The highest BCUT2D eigenvalue weighted by Crippen LogP contribution is 2.23. The summed E-state index contributed by atoms with van der Waals surface area (Å²) in [4.78, 5) is 35.0. The van der Waals surface area contributed by atoms with E-state index in [0.29, 0.717) is 6.07 Å². The number of benzene rings is 1. The fourth-order valence-corrected chi connectivity index (χ4v) is 2.51. The number of hydrogen-bond donors (Lipinski definition) is 2. The summed E-state index contributed by atoms with van der Waals surface area (Å²) >= 11 is 1.08. The molecule has 9 heteroatoms. The summed E-state index contributed by atoms with van der Waals surface area (Å²) < 4.78 is 30.8. The minimum absolute atomic E-state index is 0.132. The third kappa shape index (κ3) is 3.93. The van der Waals surface area contributed by atoms with Gasteiger partial charge in [0.15, 0.2) is 17.7 Å². The SMILES string of the molecule is C[C@@H](OC(=O)c1ccc(F)c(F)c1)C(=O)Nc1sccc1C(N)=O. The smallest absolute Gasteiger partial charge is 0.339 e. The number of nitrogens with one attached hydrogen (secondary N) is 1. The van der Waals surface area contributed by atoms with Gasteiger partial charge in [0, 0.05) is 0 Å². The molecule has 0 saturated carbocycles. The number of rotatable bonds is 5. The van der Waals surface area contributed by atoms with Gasteiger partial charge in [-0.2, -0.15) is 0 Å². The van der Waals surface area contributed by atoms with Crippen LogP contribution in [-0.2, 0) is 9.53 Å². The van der Waals surface area contributed by atoms with Gasteiger partial charge in [-0.05, 0) is 36.6 Å². The van der Waals surface area contributed by atoms with Crippen LogP contribution < -0.4 is 11.1 Å². The predicted molar refractivity (Wildman–Crippen MR) is 82.7 cm³/mol. The second-order valence-corrected chi connectivity index (χ2v) is 5.61. The Bertz CT molecular complexity index is 807. The number of nitrogens with two attached hydrogens (primary N) is 1. The van der Waals surface area contributed by atoms with E-state index >= 15 is 0 Å². The molecule has 24 heavy (non-hydrogen) atoms. The number of primary amides is 1. The summed E-state index contributed by atoms with van der Waals surface area (Å²) in [5.41, 5.74) is 5.06. The minimum Gasteiger partial charge on any atom is -0.449 e. The second kappa shape index (κ2) is 7.18. The monoisotopic (exact) mass is 354 g/mol. The van der Waals surface area contributed by atoms with Crippen LogP contribution in [0.15, 0.2) is 29.6 Å². The maximum Gasteiger partial charge on any atom is 0.339 e. The zero-order chi connectivity index (χ0) is 17.9. The van der Waals surface area contributed by atoms with E-state index in [1.54, 1.807) is 5.38 Å². The van der Waals surface area contributed by atoms with Crippen molar-refractivity contribution in [1.82, 2.24) is 0 Å². The maximum absolute atomic E-state index is 13.1. The lowest BCUT2D eigenvalue weighted by Gasteiger charge is -2.13. The van der Waals surface area contributed by atoms with Crippen molar-refractivity contribution in [2.45, 2.75) is 13.0 Å². The molecule has 6 nitrogen and oxygen atoms in total. The van der Waals surface area contributed by atoms with E-state index in [1.165, 1.54) is 13.0 Å². The maximum atomic E-state index is 13.1. The molecule has 3 N–H and O–H groups in total. The fraction of sp³-hybridized carbons (Fsp3) is 0.133. The van der Waals surface area contributed by atoms with E-state index in [0.717, 1.165) is 23.5 Å². The van der Waals surface area contributed by atoms with E-state index in [9.17, 15) is 23.2 Å². The number of halogens is 2. The molecule has 0 aliphatic rings. The average Bonchev–Trinajstić information content (AvgIpc) is 2.98. The zero-order valence-electron chi connectivity index (χ0n) is 12.3. The molecule has 0 spiro atoms. The molecule has 2 aromatic rings. The van der Waals surface area contributed by atoms with Gasteiger partial charge in [0.2, 0.25) is 0 Å². The number of thiophene rings is 1. The predicted octanol–water partition coefficient (Wildman–Crippen LogP) is 2.31. The van der Waals surface area contributed by atoms with Gasteiger partial charge in [0.25, 0.3) is 11.8 Å². The molecule has 0 aliphatic heterocycles. The van der Waals surface area contributed by atoms with Gasteiger partial charge in [-0.3, -0.25) is 9.59 Å². The average molecular weight is 354 g/mol. The Hall–Kier alpha value is -2.81. The van der Waals surface area contributed by atoms with Crippen molar-refractivity contribution in [3.8, 4) is 0 Å². The van der Waals surface area contributed by atoms with Crippen molar-refractivity contribution >= 4 is 34.1 Å². The Labute approximate surface area is 139 Å². The molecule has 0 aliphatic carbocycles. The lowest BCUT2D eigenvalue weighted by molar-refractivity contribution is -0.123. The van der Waals surface area contributed by atoms with Crippen molar-refractivity contribution in [3.05, 3.63) is 52.4 Å². The molecule has 126 valence electrons. The van der Waals surface area contributed by atoms with Crippen LogP contribution in [0.3, 0.4) is 0 Å². The number of hydrogen-bond acceptors (Lipinski definition) is 5. The highest BCUT2D eigenvalue weighted by atomic mass is 32.1. The van der Waals surface area contributed by atoms with Gasteiger partial charge < -0.3 is 15.8 Å². The van der Waals surface area contributed by atoms with Gasteiger partial charge in [-0.25, -0.2) is 13.6 Å². The number of esters is 1. The minimum atomic E-state index is -1.23. The van der Waals surface area contributed by atoms with E-state index < -0.39 is 35.5 Å². The molecule has 1 heterocycles. The third-order valence-electron chi connectivity index (χ3n) is 2.98. The van der Waals surface area contributed by atoms with Crippen LogP contribution in [0.25, 0.3) is 0 Å². The normalized spacial score (nSPS) is 11.6. The highest BCUT2D eigenvalue weighted by Gasteiger charge is 2.22. The third-order valence-corrected chi connectivity index (χ3v) is 3.81. The Morgan fingerprint density at radius 1 is 1.21 bits per heavy atom. The van der Waals surface area contributed by atoms with Crippen molar-refractivity contribution in [2.24, 2.45) is 5.73 Å². The number of carbonyl (C=O) groups excluding carboxylic acids is 3. The van der Waals surface area contributed by atoms with Crippen LogP contribution in [0.1, 0.15) is 27.6 Å². The van der Waals surface area contributed by atoms with Crippen LogP contribution in [0.5, 0.6) is 0 Å². The van der Waals surface area contributed by atoms with Crippen molar-refractivity contribution in [3.63, 3.8) is 0 Å². The molecular formula is C15H12F2N2O4S. The van der Waals surface area contributed by atoms with Crippen molar-refractivity contribution < 1.29 is 27.9 Å². The molecule has 2 amide bonds. The highest BCUT2D eigenvalue weighted by molar-refractivity contribution is 7.14. The zero-order valence-corrected chi connectivity index (χ0v) is 13.2. The number of carbonyl (C=O) groups is 3. The van der Waals surface area contributed by atoms with Crippen LogP contribution in [-0.4, -0.2) is 23.9 Å². The molecule has 1 aromatic heterocycles. The molecule has 0 saturated heterocycles. The second-order valence-electron chi connectivity index (χ2n) is 4.69. The van der Waals surface area contributed by atoms with Gasteiger partial charge in [0.1, 0.15) is 5.00 Å². The molecule has 0 fully saturated rings. The Balaban J connectivity index is 2.03. The van der Waals surface area contributed by atoms with E-state index in [1.807, 2.05) is 0 Å². The molecule has 0 unspecified atom stereocenters. The molecule has 1 atom stereocenters. The first kappa shape index (κ1) is 17.5. The topological polar surface area (TPSA) is 98.5 Å². The Kier molecular flexibility index (Phi) is 5.24. The van der Waals surface area contributed by atoms with Gasteiger partial charge >= 0.3 is 5.97 Å². The van der Waals surface area contributed by atoms with E-state index in [4.69, 9.17) is 10.5 Å². The fourth-order valence-electron chi connectivity index (χ4n) is 1.72. The van der Waals surface area contributed by atoms with E-state index in [-0.39, 0.29) is 16.1 Å². The van der Waals surface area contributed by atoms with Crippen LogP contribution in [0.2, 0.25) is 0 Å². The summed E-state index contributed by atoms with van der Waals surface area (Å²) in [5, 5.41) is 4.20. The molecular weight excluding hydrogens is 342 g/mol. The molecule has 0 bridgehead atoms. The van der Waals surface area contributed by atoms with Crippen molar-refractivity contribution in [1.29, 1.82) is 0 Å². The lowest BCUT2D eigenvalue weighted by Crippen LogP contribution is -2.30. The Morgan fingerprint density at radius 2 is 1.92 bits per heavy atom. The summed E-state index contributed by atoms with van der Waals surface area (Å²) in [7, 11) is 0. The number of ether oxygens (including phenoxy) is 1. The summed E-state index contributed by atoms with van der Waals surface area (Å²) in [5.74, 6) is -4.70. The first-order valence-electron chi connectivity index (χ1n) is 6.63. The first-order valence-corrected chi connectivity index (χ1v) is 7.51. The summed E-state index contributed by atoms with van der Waals surface area (Å²) in [6.07, 6.45) is -1.23. The molecule has 0 radical (unpaired) electrons. The Morgan fingerprint density at radius 3 is 2.54 bits per heavy atom. The number of anilines is 1. The standard InChI is InChI=1S/C15H12F2N2O4S/c1-7(13(21)19-14-9(12(18)20)4-5-24-14)23-15(22)8-2-3-10(16)11(17)6-8/h2-7H,1H3,(H2,18,20)(H,19,21)/t7-/m1/s1. The quantitative estimate of drug-likeness (QED) is 0.805. The van der Waals surface area contributed by atoms with Gasteiger partial charge in [-0.1, -0.05) is 0 Å². The van der Waals surface area contributed by atoms with Gasteiger partial charge in [0.05, 0.1) is 11.1 Å². The van der Waals surface area contributed by atoms with Crippen LogP contribution in [0, 0.1) is 11.6 Å². The van der Waals surface area contributed by atoms with Crippen LogP contribution in [0.4, 0.5) is 13.8 Å². The summed E-state index contributed by atoms with van der Waals surface area (Å²) in [6.45, 7) is 1.30. The molecule has 1 aromatic carbocycles. The van der Waals surface area contributed by atoms with Crippen molar-refractivity contribution in [2.75, 3.05) is 5.32 Å². The largest absolute Gasteiger partial charge is 0.449 e. The molecule has 2 rings (SSSR count). The number of amides is 2.